The Hall–Kier alpha value is -3.42. The third-order valence-electron chi connectivity index (χ3n) is 5.47. The number of aryl methyl sites for hydroxylation is 2. The number of hydrogen-bond acceptors (Lipinski definition) is 7. The number of nitrogens with zero attached hydrogens (tertiary/aromatic N) is 2. The minimum Gasteiger partial charge on any atom is -0.493 e. The van der Waals surface area contributed by atoms with Gasteiger partial charge in [-0.15, -0.1) is 0 Å². The van der Waals surface area contributed by atoms with Crippen LogP contribution in [0.4, 0.5) is 0 Å². The third-order valence-corrected chi connectivity index (χ3v) is 5.47. The summed E-state index contributed by atoms with van der Waals surface area (Å²) in [6.45, 7) is 8.22. The molecule has 2 rings (SSSR count). The van der Waals surface area contributed by atoms with Crippen LogP contribution in [-0.2, 0) is 4.74 Å². The van der Waals surface area contributed by atoms with Crippen LogP contribution in [0, 0.1) is 13.8 Å². The van der Waals surface area contributed by atoms with Gasteiger partial charge in [0, 0.05) is 0 Å². The van der Waals surface area contributed by atoms with Gasteiger partial charge in [-0.3, -0.25) is 9.78 Å². The molecule has 0 saturated heterocycles. The van der Waals surface area contributed by atoms with Gasteiger partial charge in [-0.1, -0.05) is 39.0 Å². The lowest BCUT2D eigenvalue weighted by atomic mass is 10.1. The molecule has 0 radical (unpaired) electrons. The summed E-state index contributed by atoms with van der Waals surface area (Å²) in [4.78, 5) is 29.1. The van der Waals surface area contributed by atoms with E-state index in [4.69, 9.17) is 14.2 Å². The van der Waals surface area contributed by atoms with Gasteiger partial charge in [0.1, 0.15) is 0 Å². The molecular formula is C27H37N3O5. The van der Waals surface area contributed by atoms with Crippen LogP contribution in [0.5, 0.6) is 11.5 Å². The Kier molecular flexibility index (Phi) is 11.7. The molecule has 1 aromatic carbocycles. The van der Waals surface area contributed by atoms with Gasteiger partial charge in [0.2, 0.25) is 0 Å². The van der Waals surface area contributed by atoms with E-state index in [1.165, 1.54) is 38.0 Å². The van der Waals surface area contributed by atoms with E-state index in [0.29, 0.717) is 29.5 Å². The summed E-state index contributed by atoms with van der Waals surface area (Å²) >= 11 is 0. The van der Waals surface area contributed by atoms with Crippen molar-refractivity contribution < 1.29 is 23.8 Å². The maximum atomic E-state index is 12.6. The average molecular weight is 484 g/mol. The van der Waals surface area contributed by atoms with Crippen molar-refractivity contribution in [3.05, 3.63) is 52.3 Å². The largest absolute Gasteiger partial charge is 0.493 e. The second-order valence-corrected chi connectivity index (χ2v) is 8.20. The summed E-state index contributed by atoms with van der Waals surface area (Å²) in [5.41, 5.74) is 4.74. The van der Waals surface area contributed by atoms with Crippen molar-refractivity contribution in [2.75, 3.05) is 20.3 Å². The molecule has 0 spiro atoms. The normalized spacial score (nSPS) is 10.9. The summed E-state index contributed by atoms with van der Waals surface area (Å²) in [6, 6.07) is 6.95. The molecular weight excluding hydrogens is 446 g/mol. The molecule has 35 heavy (non-hydrogen) atoms. The van der Waals surface area contributed by atoms with Crippen molar-refractivity contribution in [2.24, 2.45) is 5.10 Å². The fourth-order valence-electron chi connectivity index (χ4n) is 3.54. The summed E-state index contributed by atoms with van der Waals surface area (Å²) in [5.74, 6) is 0.294. The molecule has 0 aliphatic heterocycles. The van der Waals surface area contributed by atoms with Gasteiger partial charge >= 0.3 is 5.97 Å². The molecule has 0 aliphatic rings. The van der Waals surface area contributed by atoms with Crippen LogP contribution >= 0.6 is 0 Å². The maximum Gasteiger partial charge on any atom is 0.339 e. The zero-order valence-electron chi connectivity index (χ0n) is 21.5. The number of aromatic nitrogens is 1. The van der Waals surface area contributed by atoms with Crippen LogP contribution in [0.3, 0.4) is 0 Å². The number of amides is 1. The van der Waals surface area contributed by atoms with Crippen LogP contribution in [0.15, 0.2) is 29.4 Å². The minimum atomic E-state index is -0.513. The number of benzene rings is 1. The number of pyridine rings is 1. The van der Waals surface area contributed by atoms with E-state index in [0.717, 1.165) is 18.4 Å². The highest BCUT2D eigenvalue weighted by atomic mass is 16.5. The molecule has 8 nitrogen and oxygen atoms in total. The highest BCUT2D eigenvalue weighted by Gasteiger charge is 2.18. The molecule has 0 saturated carbocycles. The van der Waals surface area contributed by atoms with Crippen molar-refractivity contribution >= 4 is 18.1 Å². The summed E-state index contributed by atoms with van der Waals surface area (Å²) in [6.07, 6.45) is 8.72. The quantitative estimate of drug-likeness (QED) is 0.167. The van der Waals surface area contributed by atoms with E-state index >= 15 is 0 Å². The monoisotopic (exact) mass is 483 g/mol. The summed E-state index contributed by atoms with van der Waals surface area (Å²) in [7, 11) is 1.59. The molecule has 8 heteroatoms. The van der Waals surface area contributed by atoms with Crippen molar-refractivity contribution in [1.82, 2.24) is 10.4 Å². The van der Waals surface area contributed by atoms with Crippen molar-refractivity contribution in [2.45, 2.75) is 66.2 Å². The Morgan fingerprint density at radius 1 is 0.971 bits per heavy atom. The number of esters is 1. The number of carbonyl (C=O) groups excluding carboxylic acids is 2. The lowest BCUT2D eigenvalue weighted by Gasteiger charge is -2.11. The zero-order chi connectivity index (χ0) is 25.6. The van der Waals surface area contributed by atoms with E-state index in [2.05, 4.69) is 22.4 Å². The lowest BCUT2D eigenvalue weighted by Crippen LogP contribution is -2.21. The number of hydrogen-bond donors (Lipinski definition) is 1. The summed E-state index contributed by atoms with van der Waals surface area (Å²) in [5, 5.41) is 4.04. The predicted molar refractivity (Wildman–Crippen MR) is 137 cm³/mol. The van der Waals surface area contributed by atoms with E-state index in [-0.39, 0.29) is 17.7 Å². The van der Waals surface area contributed by atoms with Crippen LogP contribution in [0.25, 0.3) is 0 Å². The van der Waals surface area contributed by atoms with E-state index < -0.39 is 11.9 Å². The van der Waals surface area contributed by atoms with Crippen molar-refractivity contribution in [1.29, 1.82) is 0 Å². The molecule has 0 fully saturated rings. The van der Waals surface area contributed by atoms with Gasteiger partial charge in [0.15, 0.2) is 11.5 Å². The lowest BCUT2D eigenvalue weighted by molar-refractivity contribution is 0.0525. The van der Waals surface area contributed by atoms with Gasteiger partial charge in [-0.05, 0) is 57.0 Å². The number of ether oxygens (including phenoxy) is 3. The number of unbranched alkanes of at least 4 members (excludes halogenated alkanes) is 5. The van der Waals surface area contributed by atoms with Crippen molar-refractivity contribution in [3.8, 4) is 11.5 Å². The van der Waals surface area contributed by atoms with Crippen LogP contribution in [-0.4, -0.2) is 43.4 Å². The van der Waals surface area contributed by atoms with Gasteiger partial charge in [-0.2, -0.15) is 5.10 Å². The third kappa shape index (κ3) is 8.70. The number of rotatable bonds is 14. The summed E-state index contributed by atoms with van der Waals surface area (Å²) < 4.78 is 16.4. The number of methoxy groups -OCH3 is 1. The van der Waals surface area contributed by atoms with Gasteiger partial charge in [0.25, 0.3) is 5.91 Å². The average Bonchev–Trinajstić information content (AvgIpc) is 2.84. The number of nitrogens with one attached hydrogen (secondary N) is 1. The Morgan fingerprint density at radius 3 is 2.40 bits per heavy atom. The molecule has 0 aliphatic carbocycles. The fourth-order valence-corrected chi connectivity index (χ4v) is 3.54. The molecule has 1 heterocycles. The van der Waals surface area contributed by atoms with Gasteiger partial charge in [0.05, 0.1) is 49.1 Å². The van der Waals surface area contributed by atoms with Crippen LogP contribution in [0.1, 0.15) is 90.0 Å². The highest BCUT2D eigenvalue weighted by molar-refractivity contribution is 5.99. The molecule has 0 unspecified atom stereocenters. The zero-order valence-corrected chi connectivity index (χ0v) is 21.5. The number of carbonyl (C=O) groups is 2. The standard InChI is InChI=1S/C27H37N3O5/c1-6-8-9-10-11-12-15-35-24-14-13-21(16-25(24)33-5)18-28-30-26(31)22-17-23(27(32)34-7-2)20(4)29-19(22)3/h13-14,16-18H,6-12,15H2,1-5H3,(H,30,31). The SMILES string of the molecule is CCCCCCCCOc1ccc(C=NNC(=O)c2cc(C(=O)OCC)c(C)nc2C)cc1OC. The fraction of sp³-hybridized carbons (Fsp3) is 0.481. The van der Waals surface area contributed by atoms with Crippen LogP contribution < -0.4 is 14.9 Å². The first-order valence-corrected chi connectivity index (χ1v) is 12.2. The topological polar surface area (TPSA) is 99.1 Å². The first kappa shape index (κ1) is 27.8. The molecule has 0 bridgehead atoms. The minimum absolute atomic E-state index is 0.240. The molecule has 190 valence electrons. The second kappa shape index (κ2) is 14.8. The van der Waals surface area contributed by atoms with E-state index in [9.17, 15) is 9.59 Å². The Balaban J connectivity index is 1.97. The molecule has 2 aromatic rings. The Labute approximate surface area is 208 Å². The first-order chi connectivity index (χ1) is 16.9. The van der Waals surface area contributed by atoms with Gasteiger partial charge < -0.3 is 14.2 Å². The van der Waals surface area contributed by atoms with Crippen LogP contribution in [0.2, 0.25) is 0 Å². The van der Waals surface area contributed by atoms with E-state index in [1.807, 2.05) is 12.1 Å². The first-order valence-electron chi connectivity index (χ1n) is 12.2. The van der Waals surface area contributed by atoms with Crippen molar-refractivity contribution in [3.63, 3.8) is 0 Å². The smallest absolute Gasteiger partial charge is 0.339 e. The molecule has 0 atom stereocenters. The maximum absolute atomic E-state index is 12.6. The molecule has 1 aromatic heterocycles. The van der Waals surface area contributed by atoms with Gasteiger partial charge in [-0.25, -0.2) is 10.2 Å². The Morgan fingerprint density at radius 2 is 1.69 bits per heavy atom. The molecule has 1 amide bonds. The molecule has 1 N–H and O–H groups in total. The Bertz CT molecular complexity index is 1020. The van der Waals surface area contributed by atoms with E-state index in [1.54, 1.807) is 33.9 Å². The second-order valence-electron chi connectivity index (χ2n) is 8.20. The predicted octanol–water partition coefficient (Wildman–Crippen LogP) is 5.39. The number of hydrazone groups is 1. The highest BCUT2D eigenvalue weighted by Crippen LogP contribution is 2.28.